The average molecular weight is 577 g/mol. The Morgan fingerprint density at radius 1 is 0.429 bits per heavy atom. The van der Waals surface area contributed by atoms with E-state index in [9.17, 15) is 0 Å². The van der Waals surface area contributed by atoms with Crippen LogP contribution in [0.3, 0.4) is 0 Å². The van der Waals surface area contributed by atoms with Crippen LogP contribution in [0.15, 0.2) is 91.8 Å². The minimum absolute atomic E-state index is 0. The molecule has 3 aromatic heterocycles. The summed E-state index contributed by atoms with van der Waals surface area (Å²) in [4.78, 5) is 27.9. The van der Waals surface area contributed by atoms with E-state index in [1.807, 2.05) is 54.6 Å². The van der Waals surface area contributed by atoms with Crippen molar-refractivity contribution in [3.63, 3.8) is 0 Å². The van der Waals surface area contributed by atoms with E-state index in [0.29, 0.717) is 0 Å². The third-order valence-electron chi connectivity index (χ3n) is 1.70. The van der Waals surface area contributed by atoms with Gasteiger partial charge in [0.05, 0.1) is 10.2 Å². The molecule has 0 unspecified atom stereocenters. The molecule has 0 N–H and O–H groups in total. The number of hydrogen-bond acceptors (Lipinski definition) is 9. The van der Waals surface area contributed by atoms with E-state index in [-0.39, 0.29) is 44.8 Å². The summed E-state index contributed by atoms with van der Waals surface area (Å²) in [6.45, 7) is 0. The molecule has 0 spiro atoms. The van der Waals surface area contributed by atoms with Gasteiger partial charge in [-0.15, -0.1) is 0 Å². The Kier molecular flexibility index (Phi) is 34.3. The molecule has 0 aliphatic heterocycles. The summed E-state index contributed by atoms with van der Waals surface area (Å²) in [5.41, 5.74) is 0. The minimum Gasteiger partial charge on any atom is -0.356 e. The summed E-state index contributed by atoms with van der Waals surface area (Å²) in [6.07, 6.45) is 10.5. The van der Waals surface area contributed by atoms with Crippen LogP contribution in [0.1, 0.15) is 0 Å². The van der Waals surface area contributed by atoms with Crippen molar-refractivity contribution >= 4 is 0 Å². The zero-order valence-corrected chi connectivity index (χ0v) is 16.9. The molecule has 0 aliphatic rings. The molecule has 0 saturated heterocycles. The molecule has 0 bridgehead atoms. The number of aromatic nitrogens is 3. The second-order valence-corrected chi connectivity index (χ2v) is 3.52. The first-order valence-corrected chi connectivity index (χ1v) is 6.64. The van der Waals surface area contributed by atoms with Gasteiger partial charge in [0, 0.05) is 37.2 Å². The van der Waals surface area contributed by atoms with Crippen molar-refractivity contribution in [3.05, 3.63) is 122 Å². The fourth-order valence-electron chi connectivity index (χ4n) is 0.938. The van der Waals surface area contributed by atoms with Crippen molar-refractivity contribution in [3.8, 4) is 0 Å². The Bertz CT molecular complexity index is 482. The van der Waals surface area contributed by atoms with E-state index in [4.69, 9.17) is 30.6 Å². The maximum atomic E-state index is 8.25. The van der Waals surface area contributed by atoms with Crippen LogP contribution < -0.4 is 0 Å². The first-order chi connectivity index (χ1) is 12.5. The molecule has 3 heterocycles. The van der Waals surface area contributed by atoms with Crippen molar-refractivity contribution in [2.75, 3.05) is 0 Å². The Morgan fingerprint density at radius 2 is 0.571 bits per heavy atom. The third kappa shape index (κ3) is 49.5. The predicted octanol–water partition coefficient (Wildman–Crippen LogP) is 2.76. The zero-order valence-electron chi connectivity index (χ0n) is 13.9. The number of nitrogens with zero attached hydrogens (tertiary/aromatic N) is 5. The standard InChI is InChI=1S/3C5H5N.2Ag.2NO3/c3*1-2-4-6-5-3-1;;;2*2-1(3)4/h3*1-5H;;;;/q;;;2*+1;2*-1. The number of hydrogen-bond donors (Lipinski definition) is 0. The van der Waals surface area contributed by atoms with Gasteiger partial charge in [-0.2, -0.15) is 0 Å². The second-order valence-electron chi connectivity index (χ2n) is 3.52. The molecule has 28 heavy (non-hydrogen) atoms. The molecule has 3 rings (SSSR count). The van der Waals surface area contributed by atoms with Crippen LogP contribution in [0.5, 0.6) is 0 Å². The van der Waals surface area contributed by atoms with E-state index in [0.717, 1.165) is 0 Å². The predicted molar refractivity (Wildman–Crippen MR) is 93.4 cm³/mol. The Morgan fingerprint density at radius 3 is 0.607 bits per heavy atom. The van der Waals surface area contributed by atoms with E-state index >= 15 is 0 Å². The van der Waals surface area contributed by atoms with Gasteiger partial charge >= 0.3 is 44.8 Å². The van der Waals surface area contributed by atoms with Crippen molar-refractivity contribution in [2.24, 2.45) is 0 Å². The Balaban J connectivity index is -0.000000128. The van der Waals surface area contributed by atoms with Crippen molar-refractivity contribution in [1.82, 2.24) is 15.0 Å². The monoisotopic (exact) mass is 575 g/mol. The maximum Gasteiger partial charge on any atom is 1.00 e. The van der Waals surface area contributed by atoms with Crippen LogP contribution in [-0.4, -0.2) is 25.1 Å². The van der Waals surface area contributed by atoms with Gasteiger partial charge in [-0.3, -0.25) is 15.0 Å². The maximum absolute atomic E-state index is 8.25. The van der Waals surface area contributed by atoms with Gasteiger partial charge in [0.25, 0.3) is 0 Å². The molecule has 0 atom stereocenters. The van der Waals surface area contributed by atoms with Gasteiger partial charge in [0.15, 0.2) is 0 Å². The van der Waals surface area contributed by atoms with Gasteiger partial charge in [-0.05, 0) is 36.4 Å². The van der Waals surface area contributed by atoms with Crippen LogP contribution in [0, 0.1) is 30.6 Å². The molecule has 0 saturated carbocycles. The number of pyridine rings is 3. The second kappa shape index (κ2) is 29.1. The SMILES string of the molecule is O=[N+]([O-])[O-].O=[N+]([O-])[O-].[Ag+].[Ag+].c1ccncc1.c1ccncc1.c1ccncc1. The summed E-state index contributed by atoms with van der Waals surface area (Å²) in [6, 6.07) is 17.1. The van der Waals surface area contributed by atoms with Crippen LogP contribution in [0.25, 0.3) is 0 Å². The topological polar surface area (TPSA) is 171 Å². The van der Waals surface area contributed by atoms with Crippen LogP contribution in [-0.2, 0) is 44.8 Å². The summed E-state index contributed by atoms with van der Waals surface area (Å²) >= 11 is 0. The van der Waals surface area contributed by atoms with E-state index in [1.165, 1.54) is 0 Å². The largest absolute Gasteiger partial charge is 1.00 e. The van der Waals surface area contributed by atoms with Crippen molar-refractivity contribution in [1.29, 1.82) is 0 Å². The molecule has 13 heteroatoms. The summed E-state index contributed by atoms with van der Waals surface area (Å²) in [5.74, 6) is 0. The van der Waals surface area contributed by atoms with Gasteiger partial charge < -0.3 is 30.6 Å². The van der Waals surface area contributed by atoms with E-state index < -0.39 is 10.2 Å². The van der Waals surface area contributed by atoms with Gasteiger partial charge in [-0.1, -0.05) is 18.2 Å². The Labute approximate surface area is 191 Å². The van der Waals surface area contributed by atoms with Gasteiger partial charge in [0.2, 0.25) is 0 Å². The average Bonchev–Trinajstić information content (AvgIpc) is 2.66. The fourth-order valence-corrected chi connectivity index (χ4v) is 0.938. The van der Waals surface area contributed by atoms with Gasteiger partial charge in [-0.25, -0.2) is 0 Å². The van der Waals surface area contributed by atoms with Crippen LogP contribution in [0.4, 0.5) is 0 Å². The summed E-state index contributed by atoms with van der Waals surface area (Å²) in [5, 5.41) is 29.5. The summed E-state index contributed by atoms with van der Waals surface area (Å²) in [7, 11) is 0. The van der Waals surface area contributed by atoms with Crippen molar-refractivity contribution in [2.45, 2.75) is 0 Å². The van der Waals surface area contributed by atoms with Crippen LogP contribution >= 0.6 is 0 Å². The first-order valence-electron chi connectivity index (χ1n) is 6.64. The molecule has 0 aliphatic carbocycles. The Hall–Kier alpha value is -2.67. The quantitative estimate of drug-likeness (QED) is 0.221. The molecule has 0 fully saturated rings. The molecule has 158 valence electrons. The molecule has 11 nitrogen and oxygen atoms in total. The zero-order chi connectivity index (χ0) is 19.9. The molecule has 3 aromatic rings. The number of rotatable bonds is 0. The van der Waals surface area contributed by atoms with Crippen LogP contribution in [0.2, 0.25) is 0 Å². The normalized spacial score (nSPS) is 6.86. The van der Waals surface area contributed by atoms with E-state index in [1.54, 1.807) is 37.2 Å². The summed E-state index contributed by atoms with van der Waals surface area (Å²) < 4.78 is 0. The fraction of sp³-hybridized carbons (Fsp3) is 0. The smallest absolute Gasteiger partial charge is 0.356 e. The molecule has 0 amide bonds. The third-order valence-corrected chi connectivity index (χ3v) is 1.70. The van der Waals surface area contributed by atoms with Gasteiger partial charge in [0.1, 0.15) is 0 Å². The molecule has 0 aromatic carbocycles. The first kappa shape index (κ1) is 33.0. The minimum atomic E-state index is -1.75. The molecular formula is C15H15Ag2N5O6. The molecular weight excluding hydrogens is 562 g/mol. The van der Waals surface area contributed by atoms with Crippen molar-refractivity contribution < 1.29 is 54.9 Å². The molecule has 0 radical (unpaired) electrons. The van der Waals surface area contributed by atoms with E-state index in [2.05, 4.69) is 15.0 Å².